The molecule has 0 aliphatic heterocycles. The smallest absolute Gasteiger partial charge is 0.308 e. The molecule has 1 saturated carbocycles. The minimum Gasteiger partial charge on any atom is -0.481 e. The Balaban J connectivity index is 1.94. The molecule has 1 fully saturated rings. The number of hydrogen-bond donors (Lipinski definition) is 2. The van der Waals surface area contributed by atoms with E-state index in [4.69, 9.17) is 5.11 Å². The number of carboxylic acids is 1. The number of carbonyl (C=O) groups is 1. The van der Waals surface area contributed by atoms with Crippen LogP contribution < -0.4 is 5.32 Å². The van der Waals surface area contributed by atoms with E-state index in [9.17, 15) is 4.79 Å². The van der Waals surface area contributed by atoms with Crippen LogP contribution in [0.25, 0.3) is 0 Å². The van der Waals surface area contributed by atoms with Gasteiger partial charge in [-0.05, 0) is 37.3 Å². The van der Waals surface area contributed by atoms with Crippen molar-refractivity contribution in [3.8, 4) is 0 Å². The van der Waals surface area contributed by atoms with E-state index in [1.807, 2.05) is 0 Å². The molecular formula is C15H21NO2. The first kappa shape index (κ1) is 13.1. The Morgan fingerprint density at radius 3 is 2.50 bits per heavy atom. The maximum atomic E-state index is 11.0. The molecular weight excluding hydrogens is 226 g/mol. The van der Waals surface area contributed by atoms with Crippen LogP contribution in [0.5, 0.6) is 0 Å². The molecule has 3 nitrogen and oxygen atoms in total. The summed E-state index contributed by atoms with van der Waals surface area (Å²) < 4.78 is 0. The molecule has 2 N–H and O–H groups in total. The van der Waals surface area contributed by atoms with Crippen molar-refractivity contribution in [3.05, 3.63) is 35.4 Å². The van der Waals surface area contributed by atoms with Crippen molar-refractivity contribution < 1.29 is 9.90 Å². The van der Waals surface area contributed by atoms with Gasteiger partial charge < -0.3 is 10.4 Å². The first-order valence-electron chi connectivity index (χ1n) is 6.69. The fraction of sp³-hybridized carbons (Fsp3) is 0.533. The lowest BCUT2D eigenvalue weighted by Gasteiger charge is -2.36. The lowest BCUT2D eigenvalue weighted by molar-refractivity contribution is -0.146. The van der Waals surface area contributed by atoms with Gasteiger partial charge in [-0.15, -0.1) is 0 Å². The lowest BCUT2D eigenvalue weighted by atomic mass is 9.79. The van der Waals surface area contributed by atoms with Crippen molar-refractivity contribution in [1.29, 1.82) is 0 Å². The van der Waals surface area contributed by atoms with E-state index in [0.717, 1.165) is 19.3 Å². The number of benzene rings is 1. The van der Waals surface area contributed by atoms with E-state index in [0.29, 0.717) is 0 Å². The van der Waals surface area contributed by atoms with Gasteiger partial charge in [0.05, 0.1) is 5.92 Å². The number of aliphatic carboxylic acids is 1. The Bertz CT molecular complexity index is 413. The van der Waals surface area contributed by atoms with Crippen molar-refractivity contribution in [2.75, 3.05) is 0 Å². The fourth-order valence-electron chi connectivity index (χ4n) is 2.45. The van der Waals surface area contributed by atoms with E-state index in [2.05, 4.69) is 43.4 Å². The second-order valence-corrected chi connectivity index (χ2v) is 5.11. The zero-order valence-electron chi connectivity index (χ0n) is 11.0. The topological polar surface area (TPSA) is 49.3 Å². The molecule has 3 heteroatoms. The molecule has 3 atom stereocenters. The number of rotatable bonds is 5. The second kappa shape index (κ2) is 5.53. The molecule has 18 heavy (non-hydrogen) atoms. The maximum Gasteiger partial charge on any atom is 0.308 e. The van der Waals surface area contributed by atoms with Gasteiger partial charge in [-0.25, -0.2) is 0 Å². The van der Waals surface area contributed by atoms with Gasteiger partial charge in [-0.1, -0.05) is 31.2 Å². The number of aryl methyl sites for hydroxylation is 1. The summed E-state index contributed by atoms with van der Waals surface area (Å²) in [5.74, 6) is -0.880. The SMILES string of the molecule is CCc1ccc(C(C)NC2CCC2C(=O)O)cc1. The molecule has 0 bridgehead atoms. The Hall–Kier alpha value is -1.35. The number of hydrogen-bond acceptors (Lipinski definition) is 2. The zero-order chi connectivity index (χ0) is 13.1. The molecule has 98 valence electrons. The summed E-state index contributed by atoms with van der Waals surface area (Å²) in [4.78, 5) is 11.0. The summed E-state index contributed by atoms with van der Waals surface area (Å²) in [5, 5.41) is 12.4. The summed E-state index contributed by atoms with van der Waals surface area (Å²) >= 11 is 0. The Morgan fingerprint density at radius 2 is 2.06 bits per heavy atom. The van der Waals surface area contributed by atoms with Crippen LogP contribution in [0.1, 0.15) is 43.9 Å². The largest absolute Gasteiger partial charge is 0.481 e. The standard InChI is InChI=1S/C15H21NO2/c1-3-11-4-6-12(7-5-11)10(2)16-14-9-8-13(14)15(17)18/h4-7,10,13-14,16H,3,8-9H2,1-2H3,(H,17,18). The highest BCUT2D eigenvalue weighted by Crippen LogP contribution is 2.29. The maximum absolute atomic E-state index is 11.0. The van der Waals surface area contributed by atoms with Gasteiger partial charge in [0.2, 0.25) is 0 Å². The quantitative estimate of drug-likeness (QED) is 0.841. The van der Waals surface area contributed by atoms with Crippen LogP contribution >= 0.6 is 0 Å². The fourth-order valence-corrected chi connectivity index (χ4v) is 2.45. The lowest BCUT2D eigenvalue weighted by Crippen LogP contribution is -2.48. The van der Waals surface area contributed by atoms with E-state index < -0.39 is 5.97 Å². The van der Waals surface area contributed by atoms with Gasteiger partial charge in [0.15, 0.2) is 0 Å². The first-order chi connectivity index (χ1) is 8.61. The number of carboxylic acid groups (broad SMARTS) is 1. The summed E-state index contributed by atoms with van der Waals surface area (Å²) in [6.45, 7) is 4.24. The molecule has 0 aromatic heterocycles. The Kier molecular flexibility index (Phi) is 4.02. The molecule has 0 heterocycles. The van der Waals surface area contributed by atoms with Gasteiger partial charge in [-0.3, -0.25) is 4.79 Å². The Labute approximate surface area is 108 Å². The highest BCUT2D eigenvalue weighted by molar-refractivity contribution is 5.72. The molecule has 1 aliphatic rings. The van der Waals surface area contributed by atoms with Crippen molar-refractivity contribution in [2.24, 2.45) is 5.92 Å². The van der Waals surface area contributed by atoms with E-state index in [1.165, 1.54) is 11.1 Å². The molecule has 0 saturated heterocycles. The van der Waals surface area contributed by atoms with Crippen molar-refractivity contribution >= 4 is 5.97 Å². The minimum atomic E-state index is -0.674. The second-order valence-electron chi connectivity index (χ2n) is 5.11. The third kappa shape index (κ3) is 2.72. The van der Waals surface area contributed by atoms with E-state index in [-0.39, 0.29) is 18.0 Å². The minimum absolute atomic E-state index is 0.128. The van der Waals surface area contributed by atoms with Crippen LogP contribution in [-0.4, -0.2) is 17.1 Å². The van der Waals surface area contributed by atoms with Crippen LogP contribution in [-0.2, 0) is 11.2 Å². The van der Waals surface area contributed by atoms with Crippen LogP contribution in [0.4, 0.5) is 0 Å². The van der Waals surface area contributed by atoms with Gasteiger partial charge >= 0.3 is 5.97 Å². The van der Waals surface area contributed by atoms with E-state index in [1.54, 1.807) is 0 Å². The van der Waals surface area contributed by atoms with Crippen molar-refractivity contribution in [2.45, 2.75) is 45.2 Å². The monoisotopic (exact) mass is 247 g/mol. The molecule has 2 rings (SSSR count). The van der Waals surface area contributed by atoms with Crippen LogP contribution in [0, 0.1) is 5.92 Å². The predicted molar refractivity (Wildman–Crippen MR) is 71.5 cm³/mol. The molecule has 0 amide bonds. The summed E-state index contributed by atoms with van der Waals surface area (Å²) in [6.07, 6.45) is 2.81. The summed E-state index contributed by atoms with van der Waals surface area (Å²) in [5.41, 5.74) is 2.56. The average molecular weight is 247 g/mol. The predicted octanol–water partition coefficient (Wildman–Crippen LogP) is 2.76. The average Bonchev–Trinajstić information content (AvgIpc) is 2.33. The third-order valence-corrected chi connectivity index (χ3v) is 3.94. The van der Waals surface area contributed by atoms with Crippen molar-refractivity contribution in [1.82, 2.24) is 5.32 Å². The molecule has 1 aromatic carbocycles. The van der Waals surface area contributed by atoms with Crippen LogP contribution in [0.15, 0.2) is 24.3 Å². The third-order valence-electron chi connectivity index (χ3n) is 3.94. The molecule has 0 radical (unpaired) electrons. The van der Waals surface area contributed by atoms with Gasteiger partial charge in [0, 0.05) is 12.1 Å². The highest BCUT2D eigenvalue weighted by atomic mass is 16.4. The molecule has 1 aromatic rings. The van der Waals surface area contributed by atoms with Crippen LogP contribution in [0.2, 0.25) is 0 Å². The summed E-state index contributed by atoms with van der Waals surface area (Å²) in [6, 6.07) is 8.88. The molecule has 0 spiro atoms. The molecule has 3 unspecified atom stereocenters. The highest BCUT2D eigenvalue weighted by Gasteiger charge is 2.37. The van der Waals surface area contributed by atoms with Gasteiger partial charge in [-0.2, -0.15) is 0 Å². The van der Waals surface area contributed by atoms with Gasteiger partial charge in [0.1, 0.15) is 0 Å². The number of nitrogens with one attached hydrogen (secondary N) is 1. The zero-order valence-corrected chi connectivity index (χ0v) is 11.0. The van der Waals surface area contributed by atoms with E-state index >= 15 is 0 Å². The Morgan fingerprint density at radius 1 is 1.39 bits per heavy atom. The first-order valence-corrected chi connectivity index (χ1v) is 6.69. The van der Waals surface area contributed by atoms with Gasteiger partial charge in [0.25, 0.3) is 0 Å². The molecule has 1 aliphatic carbocycles. The normalized spacial score (nSPS) is 24.3. The summed E-state index contributed by atoms with van der Waals surface area (Å²) in [7, 11) is 0. The van der Waals surface area contributed by atoms with Crippen LogP contribution in [0.3, 0.4) is 0 Å². The van der Waals surface area contributed by atoms with Crippen molar-refractivity contribution in [3.63, 3.8) is 0 Å².